The highest BCUT2D eigenvalue weighted by Gasteiger charge is 2.32. The van der Waals surface area contributed by atoms with Crippen LogP contribution in [0.1, 0.15) is 12.8 Å². The van der Waals surface area contributed by atoms with Crippen LogP contribution in [0.5, 0.6) is 5.88 Å². The monoisotopic (exact) mass is 332 g/mol. The summed E-state index contributed by atoms with van der Waals surface area (Å²) in [6, 6.07) is 8.52. The van der Waals surface area contributed by atoms with Crippen LogP contribution in [0.25, 0.3) is 10.2 Å². The van der Waals surface area contributed by atoms with E-state index in [1.165, 1.54) is 4.70 Å². The number of hydrogen-bond acceptors (Lipinski definition) is 6. The minimum atomic E-state index is 0.126. The summed E-state index contributed by atoms with van der Waals surface area (Å²) in [6.45, 7) is 0. The minimum absolute atomic E-state index is 0.126. The summed E-state index contributed by atoms with van der Waals surface area (Å²) >= 11 is 7.61. The van der Waals surface area contributed by atoms with Gasteiger partial charge in [0, 0.05) is 31.3 Å². The van der Waals surface area contributed by atoms with Crippen molar-refractivity contribution < 1.29 is 4.74 Å². The highest BCUT2D eigenvalue weighted by molar-refractivity contribution is 7.22. The normalized spacial score (nSPS) is 20.6. The van der Waals surface area contributed by atoms with Crippen molar-refractivity contribution in [1.29, 1.82) is 0 Å². The number of nitrogens with one attached hydrogen (secondary N) is 1. The topological polar surface area (TPSA) is 59.9 Å². The van der Waals surface area contributed by atoms with Crippen LogP contribution in [0.4, 0.5) is 5.13 Å². The van der Waals surface area contributed by atoms with E-state index >= 15 is 0 Å². The van der Waals surface area contributed by atoms with Crippen LogP contribution in [-0.4, -0.2) is 27.1 Å². The van der Waals surface area contributed by atoms with Crippen LogP contribution < -0.4 is 10.1 Å². The zero-order chi connectivity index (χ0) is 14.9. The third-order valence-electron chi connectivity index (χ3n) is 3.62. The fourth-order valence-electron chi connectivity index (χ4n) is 2.43. The second-order valence-corrected chi connectivity index (χ2v) is 6.58. The molecule has 1 aromatic carbocycles. The quantitative estimate of drug-likeness (QED) is 0.788. The standard InChI is InChI=1S/C15H13ClN4OS/c16-13-14(18-6-5-17-13)21-10-7-9(8-10)19-15-20-11-3-1-2-4-12(11)22-15/h1-6,9-10H,7-8H2,(H,19,20)/t9-,10-. The molecular weight excluding hydrogens is 320 g/mol. The Kier molecular flexibility index (Phi) is 3.56. The van der Waals surface area contributed by atoms with Gasteiger partial charge in [0.2, 0.25) is 0 Å². The van der Waals surface area contributed by atoms with Gasteiger partial charge in [0.1, 0.15) is 6.10 Å². The first-order valence-electron chi connectivity index (χ1n) is 7.03. The maximum atomic E-state index is 5.94. The molecule has 0 spiro atoms. The molecule has 0 atom stereocenters. The third-order valence-corrected chi connectivity index (χ3v) is 4.84. The molecule has 0 aliphatic heterocycles. The Bertz CT molecular complexity index is 770. The summed E-state index contributed by atoms with van der Waals surface area (Å²) in [4.78, 5) is 12.6. The number of hydrogen-bond donors (Lipinski definition) is 1. The van der Waals surface area contributed by atoms with Crippen molar-refractivity contribution in [2.45, 2.75) is 25.0 Å². The Morgan fingerprint density at radius 1 is 1.18 bits per heavy atom. The fraction of sp³-hybridized carbons (Fsp3) is 0.267. The van der Waals surface area contributed by atoms with E-state index in [2.05, 4.69) is 26.3 Å². The Labute approximate surface area is 136 Å². The highest BCUT2D eigenvalue weighted by atomic mass is 35.5. The SMILES string of the molecule is Clc1nccnc1O[C@H]1C[C@H](Nc2nc3ccccc3s2)C1. The summed E-state index contributed by atoms with van der Waals surface area (Å²) in [5.41, 5.74) is 1.04. The van der Waals surface area contributed by atoms with Crippen LogP contribution in [0.15, 0.2) is 36.7 Å². The molecule has 0 radical (unpaired) electrons. The smallest absolute Gasteiger partial charge is 0.252 e. The number of aromatic nitrogens is 3. The second-order valence-electron chi connectivity index (χ2n) is 5.19. The molecule has 4 rings (SSSR count). The van der Waals surface area contributed by atoms with Gasteiger partial charge in [-0.3, -0.25) is 0 Å². The Hall–Kier alpha value is -1.92. The summed E-state index contributed by atoms with van der Waals surface area (Å²) in [5.74, 6) is 0.410. The highest BCUT2D eigenvalue weighted by Crippen LogP contribution is 2.32. The predicted molar refractivity (Wildman–Crippen MR) is 87.7 cm³/mol. The molecule has 0 bridgehead atoms. The second kappa shape index (κ2) is 5.70. The van der Waals surface area contributed by atoms with Gasteiger partial charge in [-0.2, -0.15) is 0 Å². The molecule has 0 saturated heterocycles. The Balaban J connectivity index is 1.35. The lowest BCUT2D eigenvalue weighted by Gasteiger charge is -2.35. The van der Waals surface area contributed by atoms with Crippen LogP contribution >= 0.6 is 22.9 Å². The van der Waals surface area contributed by atoms with Gasteiger partial charge < -0.3 is 10.1 Å². The van der Waals surface area contributed by atoms with Gasteiger partial charge in [-0.15, -0.1) is 0 Å². The molecule has 2 heterocycles. The zero-order valence-electron chi connectivity index (χ0n) is 11.6. The van der Waals surface area contributed by atoms with Gasteiger partial charge in [-0.25, -0.2) is 15.0 Å². The number of fused-ring (bicyclic) bond motifs is 1. The van der Waals surface area contributed by atoms with E-state index in [0.717, 1.165) is 23.5 Å². The van der Waals surface area contributed by atoms with E-state index in [-0.39, 0.29) is 6.10 Å². The van der Waals surface area contributed by atoms with Gasteiger partial charge >= 0.3 is 0 Å². The first-order chi connectivity index (χ1) is 10.8. The number of nitrogens with zero attached hydrogens (tertiary/aromatic N) is 3. The molecule has 1 aliphatic rings. The fourth-order valence-corrected chi connectivity index (χ4v) is 3.53. The van der Waals surface area contributed by atoms with E-state index in [1.54, 1.807) is 23.7 Å². The number of rotatable bonds is 4. The van der Waals surface area contributed by atoms with Crippen molar-refractivity contribution in [2.75, 3.05) is 5.32 Å². The number of benzene rings is 1. The molecule has 22 heavy (non-hydrogen) atoms. The van der Waals surface area contributed by atoms with Crippen molar-refractivity contribution in [3.05, 3.63) is 41.8 Å². The van der Waals surface area contributed by atoms with Gasteiger partial charge in [-0.05, 0) is 12.1 Å². The summed E-state index contributed by atoms with van der Waals surface area (Å²) < 4.78 is 6.94. The largest absolute Gasteiger partial charge is 0.472 e. The molecule has 112 valence electrons. The molecule has 1 N–H and O–H groups in total. The molecule has 3 aromatic rings. The summed E-state index contributed by atoms with van der Waals surface area (Å²) in [5, 5.41) is 4.73. The van der Waals surface area contributed by atoms with Gasteiger partial charge in [-0.1, -0.05) is 35.1 Å². The summed E-state index contributed by atoms with van der Waals surface area (Å²) in [7, 11) is 0. The van der Waals surface area contributed by atoms with Crippen molar-refractivity contribution in [1.82, 2.24) is 15.0 Å². The van der Waals surface area contributed by atoms with Gasteiger partial charge in [0.15, 0.2) is 10.3 Å². The molecule has 1 aliphatic carbocycles. The molecule has 2 aromatic heterocycles. The summed E-state index contributed by atoms with van der Waals surface area (Å²) in [6.07, 6.45) is 5.07. The Morgan fingerprint density at radius 3 is 2.82 bits per heavy atom. The van der Waals surface area contributed by atoms with Crippen LogP contribution in [0.2, 0.25) is 5.15 Å². The molecule has 0 unspecified atom stereocenters. The van der Waals surface area contributed by atoms with Crippen molar-refractivity contribution in [3.8, 4) is 5.88 Å². The van der Waals surface area contributed by atoms with Crippen LogP contribution in [0, 0.1) is 0 Å². The minimum Gasteiger partial charge on any atom is -0.472 e. The van der Waals surface area contributed by atoms with E-state index < -0.39 is 0 Å². The molecular formula is C15H13ClN4OS. The van der Waals surface area contributed by atoms with Crippen molar-refractivity contribution >= 4 is 38.3 Å². The van der Waals surface area contributed by atoms with E-state index in [0.29, 0.717) is 17.1 Å². The molecule has 0 amide bonds. The third kappa shape index (κ3) is 2.71. The number of anilines is 1. The van der Waals surface area contributed by atoms with E-state index in [1.807, 2.05) is 18.2 Å². The lowest BCUT2D eigenvalue weighted by molar-refractivity contribution is 0.102. The Morgan fingerprint density at radius 2 is 2.00 bits per heavy atom. The lowest BCUT2D eigenvalue weighted by Crippen LogP contribution is -2.42. The number of ether oxygens (including phenoxy) is 1. The van der Waals surface area contributed by atoms with Crippen LogP contribution in [-0.2, 0) is 0 Å². The number of thiazole rings is 1. The zero-order valence-corrected chi connectivity index (χ0v) is 13.1. The molecule has 7 heteroatoms. The first kappa shape index (κ1) is 13.7. The first-order valence-corrected chi connectivity index (χ1v) is 8.22. The number of para-hydroxylation sites is 1. The molecule has 1 fully saturated rings. The van der Waals surface area contributed by atoms with Crippen molar-refractivity contribution in [3.63, 3.8) is 0 Å². The van der Waals surface area contributed by atoms with E-state index in [4.69, 9.17) is 16.3 Å². The number of halogens is 1. The van der Waals surface area contributed by atoms with Crippen LogP contribution in [0.3, 0.4) is 0 Å². The lowest BCUT2D eigenvalue weighted by atomic mass is 9.89. The van der Waals surface area contributed by atoms with Gasteiger partial charge in [0.05, 0.1) is 10.2 Å². The average molecular weight is 333 g/mol. The molecule has 1 saturated carbocycles. The van der Waals surface area contributed by atoms with Crippen molar-refractivity contribution in [2.24, 2.45) is 0 Å². The molecule has 5 nitrogen and oxygen atoms in total. The maximum Gasteiger partial charge on any atom is 0.252 e. The maximum absolute atomic E-state index is 5.94. The van der Waals surface area contributed by atoms with Gasteiger partial charge in [0.25, 0.3) is 5.88 Å². The average Bonchev–Trinajstić information content (AvgIpc) is 2.89. The van der Waals surface area contributed by atoms with E-state index in [9.17, 15) is 0 Å². The predicted octanol–water partition coefficient (Wildman–Crippen LogP) is 3.76.